The van der Waals surface area contributed by atoms with Gasteiger partial charge in [-0.2, -0.15) is 9.19 Å². The second kappa shape index (κ2) is 4.22. The average molecular weight is 313 g/mol. The van der Waals surface area contributed by atoms with Gasteiger partial charge in [-0.25, -0.2) is 13.2 Å². The van der Waals surface area contributed by atoms with Gasteiger partial charge in [-0.15, -0.1) is 0 Å². The largest absolute Gasteiger partial charge is 0.465 e. The minimum atomic E-state index is -3.46. The second-order valence-electron chi connectivity index (χ2n) is 6.75. The first kappa shape index (κ1) is 14.4. The fourth-order valence-electron chi connectivity index (χ4n) is 2.76. The predicted molar refractivity (Wildman–Crippen MR) is 75.5 cm³/mol. The number of hydrogen-bond donors (Lipinski definition) is 1. The second-order valence-corrected chi connectivity index (χ2v) is 8.79. The zero-order chi connectivity index (χ0) is 15.6. The molecule has 0 aromatic carbocycles. The van der Waals surface area contributed by atoms with Crippen molar-refractivity contribution in [2.75, 3.05) is 0 Å². The SMILES string of the molecule is CC(C)(C)c1c2c(nn1S(=O)(=O)C1CC1)CN(C(=O)O)C2. The maximum Gasteiger partial charge on any atom is 0.407 e. The smallest absolute Gasteiger partial charge is 0.407 e. The lowest BCUT2D eigenvalue weighted by Crippen LogP contribution is -2.30. The van der Waals surface area contributed by atoms with E-state index < -0.39 is 21.5 Å². The van der Waals surface area contributed by atoms with Crippen LogP contribution in [0.2, 0.25) is 0 Å². The molecule has 116 valence electrons. The first-order chi connectivity index (χ1) is 9.62. The lowest BCUT2D eigenvalue weighted by Gasteiger charge is -2.22. The van der Waals surface area contributed by atoms with Crippen LogP contribution in [-0.4, -0.2) is 39.0 Å². The van der Waals surface area contributed by atoms with E-state index in [1.807, 2.05) is 20.8 Å². The lowest BCUT2D eigenvalue weighted by atomic mass is 9.89. The van der Waals surface area contributed by atoms with Gasteiger partial charge < -0.3 is 5.11 Å². The topological polar surface area (TPSA) is 92.5 Å². The van der Waals surface area contributed by atoms with Crippen LogP contribution in [0.1, 0.15) is 50.6 Å². The van der Waals surface area contributed by atoms with Crippen LogP contribution < -0.4 is 0 Å². The third-order valence-electron chi connectivity index (χ3n) is 3.89. The van der Waals surface area contributed by atoms with Crippen LogP contribution in [-0.2, 0) is 28.5 Å². The van der Waals surface area contributed by atoms with E-state index in [0.717, 1.165) is 5.56 Å². The van der Waals surface area contributed by atoms with Crippen LogP contribution in [0, 0.1) is 0 Å². The molecular weight excluding hydrogens is 294 g/mol. The van der Waals surface area contributed by atoms with Crippen LogP contribution in [0.5, 0.6) is 0 Å². The Balaban J connectivity index is 2.13. The van der Waals surface area contributed by atoms with Gasteiger partial charge >= 0.3 is 6.09 Å². The Morgan fingerprint density at radius 3 is 2.38 bits per heavy atom. The summed E-state index contributed by atoms with van der Waals surface area (Å²) in [6, 6.07) is 0. The number of carbonyl (C=O) groups is 1. The minimum Gasteiger partial charge on any atom is -0.465 e. The molecule has 3 rings (SSSR count). The number of rotatable bonds is 2. The molecule has 1 fully saturated rings. The fourth-order valence-corrected chi connectivity index (χ4v) is 4.62. The molecule has 2 aliphatic rings. The van der Waals surface area contributed by atoms with Gasteiger partial charge in [0.25, 0.3) is 10.0 Å². The standard InChI is InChI=1S/C13H19N3O4S/c1-13(2,3)11-9-6-15(12(17)18)7-10(9)14-16(11)21(19,20)8-4-5-8/h8H,4-7H2,1-3H3,(H,17,18). The number of hydrogen-bond acceptors (Lipinski definition) is 4. The van der Waals surface area contributed by atoms with Crippen LogP contribution in [0.3, 0.4) is 0 Å². The molecule has 0 saturated heterocycles. The monoisotopic (exact) mass is 313 g/mol. The maximum atomic E-state index is 12.6. The van der Waals surface area contributed by atoms with E-state index >= 15 is 0 Å². The molecule has 8 heteroatoms. The lowest BCUT2D eigenvalue weighted by molar-refractivity contribution is 0.144. The molecule has 1 aliphatic heterocycles. The minimum absolute atomic E-state index is 0.154. The summed E-state index contributed by atoms with van der Waals surface area (Å²) in [4.78, 5) is 12.4. The van der Waals surface area contributed by atoms with E-state index in [0.29, 0.717) is 24.2 Å². The van der Waals surface area contributed by atoms with Crippen LogP contribution in [0.15, 0.2) is 0 Å². The van der Waals surface area contributed by atoms with Crippen molar-refractivity contribution < 1.29 is 18.3 Å². The highest BCUT2D eigenvalue weighted by atomic mass is 32.2. The summed E-state index contributed by atoms with van der Waals surface area (Å²) >= 11 is 0. The molecule has 1 N–H and O–H groups in total. The molecule has 7 nitrogen and oxygen atoms in total. The number of carboxylic acid groups (broad SMARTS) is 1. The van der Waals surface area contributed by atoms with Crippen LogP contribution in [0.4, 0.5) is 4.79 Å². The fraction of sp³-hybridized carbons (Fsp3) is 0.692. The third kappa shape index (κ3) is 2.21. The normalized spacial score (nSPS) is 18.9. The van der Waals surface area contributed by atoms with E-state index in [2.05, 4.69) is 5.10 Å². The van der Waals surface area contributed by atoms with Crippen molar-refractivity contribution in [3.63, 3.8) is 0 Å². The number of fused-ring (bicyclic) bond motifs is 1. The van der Waals surface area contributed by atoms with E-state index in [4.69, 9.17) is 5.11 Å². The first-order valence-corrected chi connectivity index (χ1v) is 8.46. The summed E-state index contributed by atoms with van der Waals surface area (Å²) in [5.41, 5.74) is 1.51. The molecule has 1 saturated carbocycles. The molecule has 0 radical (unpaired) electrons. The Bertz CT molecular complexity index is 711. The van der Waals surface area contributed by atoms with Crippen molar-refractivity contribution in [3.8, 4) is 0 Å². The van der Waals surface area contributed by atoms with Gasteiger partial charge in [0.15, 0.2) is 0 Å². The predicted octanol–water partition coefficient (Wildman–Crippen LogP) is 1.51. The van der Waals surface area contributed by atoms with Crippen molar-refractivity contribution >= 4 is 16.1 Å². The molecule has 2 heterocycles. The highest BCUT2D eigenvalue weighted by Crippen LogP contribution is 2.38. The highest BCUT2D eigenvalue weighted by molar-refractivity contribution is 7.90. The molecule has 0 spiro atoms. The van der Waals surface area contributed by atoms with Crippen molar-refractivity contribution in [2.45, 2.75) is 57.4 Å². The molecule has 0 bridgehead atoms. The maximum absolute atomic E-state index is 12.6. The molecule has 1 aromatic rings. The average Bonchev–Trinajstić information content (AvgIpc) is 2.99. The number of nitrogens with zero attached hydrogens (tertiary/aromatic N) is 3. The van der Waals surface area contributed by atoms with E-state index in [1.54, 1.807) is 0 Å². The Labute approximate surface area is 123 Å². The molecule has 21 heavy (non-hydrogen) atoms. The summed E-state index contributed by atoms with van der Waals surface area (Å²) in [5, 5.41) is 13.0. The Hall–Kier alpha value is -1.57. The summed E-state index contributed by atoms with van der Waals surface area (Å²) < 4.78 is 26.3. The molecular formula is C13H19N3O4S. The Morgan fingerprint density at radius 1 is 1.29 bits per heavy atom. The van der Waals surface area contributed by atoms with Gasteiger partial charge in [0.1, 0.15) is 0 Å². The summed E-state index contributed by atoms with van der Waals surface area (Å²) in [6.45, 7) is 6.13. The van der Waals surface area contributed by atoms with Crippen molar-refractivity contribution in [1.29, 1.82) is 0 Å². The highest BCUT2D eigenvalue weighted by Gasteiger charge is 2.43. The van der Waals surface area contributed by atoms with Crippen LogP contribution in [0.25, 0.3) is 0 Å². The quantitative estimate of drug-likeness (QED) is 0.893. The molecule has 0 unspecified atom stereocenters. The van der Waals surface area contributed by atoms with Gasteiger partial charge in [0, 0.05) is 11.0 Å². The van der Waals surface area contributed by atoms with Gasteiger partial charge in [-0.1, -0.05) is 20.8 Å². The summed E-state index contributed by atoms with van der Waals surface area (Å²) in [7, 11) is -3.46. The zero-order valence-corrected chi connectivity index (χ0v) is 13.1. The Kier molecular flexibility index (Phi) is 2.89. The van der Waals surface area contributed by atoms with E-state index in [1.165, 1.54) is 8.99 Å². The van der Waals surface area contributed by atoms with Crippen molar-refractivity contribution in [1.82, 2.24) is 14.1 Å². The van der Waals surface area contributed by atoms with E-state index in [-0.39, 0.29) is 18.3 Å². The first-order valence-electron chi connectivity index (χ1n) is 6.96. The number of amides is 1. The number of aromatic nitrogens is 2. The molecule has 1 aliphatic carbocycles. The summed E-state index contributed by atoms with van der Waals surface area (Å²) in [5.74, 6) is 0. The molecule has 1 aromatic heterocycles. The molecule has 0 atom stereocenters. The van der Waals surface area contributed by atoms with Gasteiger partial charge in [-0.3, -0.25) is 4.90 Å². The Morgan fingerprint density at radius 2 is 1.90 bits per heavy atom. The third-order valence-corrected chi connectivity index (χ3v) is 5.95. The van der Waals surface area contributed by atoms with Gasteiger partial charge in [0.05, 0.1) is 29.7 Å². The van der Waals surface area contributed by atoms with Gasteiger partial charge in [-0.05, 0) is 12.8 Å². The van der Waals surface area contributed by atoms with E-state index in [9.17, 15) is 13.2 Å². The summed E-state index contributed by atoms with van der Waals surface area (Å²) in [6.07, 6.45) is 0.347. The van der Waals surface area contributed by atoms with Gasteiger partial charge in [0.2, 0.25) is 0 Å². The van der Waals surface area contributed by atoms with Crippen LogP contribution >= 0.6 is 0 Å². The zero-order valence-electron chi connectivity index (χ0n) is 12.3. The molecule has 1 amide bonds. The van der Waals surface area contributed by atoms with Crippen molar-refractivity contribution in [2.24, 2.45) is 0 Å². The van der Waals surface area contributed by atoms with Crippen molar-refractivity contribution in [3.05, 3.63) is 17.0 Å².